The third-order valence-electron chi connectivity index (χ3n) is 6.47. The van der Waals surface area contributed by atoms with Crippen LogP contribution in [0, 0.1) is 24.2 Å². The normalized spacial score (nSPS) is 15.5. The number of amides is 1. The van der Waals surface area contributed by atoms with E-state index in [2.05, 4.69) is 65.0 Å². The average Bonchev–Trinajstić information content (AvgIpc) is 3.52. The van der Waals surface area contributed by atoms with E-state index in [1.807, 2.05) is 24.3 Å². The fraction of sp³-hybridized carbons (Fsp3) is 0.214. The molecule has 1 aliphatic rings. The zero-order valence-electron chi connectivity index (χ0n) is 18.6. The Morgan fingerprint density at radius 2 is 1.76 bits per heavy atom. The second kappa shape index (κ2) is 8.93. The monoisotopic (exact) mass is 434 g/mol. The highest BCUT2D eigenvalue weighted by molar-refractivity contribution is 6.09. The topological polar surface area (TPSA) is 80.7 Å². The van der Waals surface area contributed by atoms with E-state index in [0.717, 1.165) is 52.7 Å². The zero-order valence-corrected chi connectivity index (χ0v) is 18.6. The lowest BCUT2D eigenvalue weighted by molar-refractivity contribution is 0.0950. The summed E-state index contributed by atoms with van der Waals surface area (Å²) < 4.78 is 0. The Labute approximate surface area is 193 Å². The third kappa shape index (κ3) is 4.26. The van der Waals surface area contributed by atoms with Gasteiger partial charge in [-0.3, -0.25) is 4.79 Å². The van der Waals surface area contributed by atoms with Gasteiger partial charge in [0.15, 0.2) is 0 Å². The Morgan fingerprint density at radius 3 is 2.42 bits per heavy atom. The standard InChI is InChI=1S/C28H26N4O/c1-18-2-6-21(7-3-18)24-13-27-25(12-23(24)22-8-4-19(14-29)5-9-22)26(17-31-27)28(33)32-16-20-10-11-30-15-20/h2-9,12-13,17,20,30-31H,10-11,15-16H2,1H3,(H,32,33). The molecule has 1 saturated heterocycles. The van der Waals surface area contributed by atoms with E-state index in [1.165, 1.54) is 5.56 Å². The molecule has 1 fully saturated rings. The molecule has 1 amide bonds. The summed E-state index contributed by atoms with van der Waals surface area (Å²) in [7, 11) is 0. The summed E-state index contributed by atoms with van der Waals surface area (Å²) >= 11 is 0. The molecule has 2 heterocycles. The number of aromatic amines is 1. The largest absolute Gasteiger partial charge is 0.360 e. The van der Waals surface area contributed by atoms with Crippen LogP contribution in [0.5, 0.6) is 0 Å². The number of benzene rings is 3. The number of H-pyrrole nitrogens is 1. The van der Waals surface area contributed by atoms with Gasteiger partial charge in [-0.15, -0.1) is 0 Å². The lowest BCUT2D eigenvalue weighted by atomic mass is 9.91. The van der Waals surface area contributed by atoms with Crippen LogP contribution in [0.2, 0.25) is 0 Å². The van der Waals surface area contributed by atoms with Gasteiger partial charge in [-0.2, -0.15) is 5.26 Å². The molecule has 1 atom stereocenters. The van der Waals surface area contributed by atoms with Gasteiger partial charge in [0.25, 0.3) is 5.91 Å². The van der Waals surface area contributed by atoms with Crippen molar-refractivity contribution in [2.45, 2.75) is 13.3 Å². The van der Waals surface area contributed by atoms with Gasteiger partial charge in [0, 0.05) is 23.6 Å². The van der Waals surface area contributed by atoms with Gasteiger partial charge >= 0.3 is 0 Å². The highest BCUT2D eigenvalue weighted by Crippen LogP contribution is 2.37. The SMILES string of the molecule is Cc1ccc(-c2cc3[nH]cc(C(=O)NCC4CCNC4)c3cc2-c2ccc(C#N)cc2)cc1. The number of nitrogens with one attached hydrogen (secondary N) is 3. The van der Waals surface area contributed by atoms with Crippen molar-refractivity contribution >= 4 is 16.8 Å². The number of rotatable bonds is 5. The van der Waals surface area contributed by atoms with Crippen molar-refractivity contribution in [3.05, 3.63) is 83.6 Å². The number of hydrogen-bond donors (Lipinski definition) is 3. The molecule has 5 nitrogen and oxygen atoms in total. The molecule has 1 aromatic heterocycles. The van der Waals surface area contributed by atoms with Crippen molar-refractivity contribution < 1.29 is 4.79 Å². The summed E-state index contributed by atoms with van der Waals surface area (Å²) in [6.07, 6.45) is 2.89. The average molecular weight is 435 g/mol. The lowest BCUT2D eigenvalue weighted by Gasteiger charge is -2.13. The Morgan fingerprint density at radius 1 is 1.06 bits per heavy atom. The van der Waals surface area contributed by atoms with Gasteiger partial charge in [-0.1, -0.05) is 42.0 Å². The summed E-state index contributed by atoms with van der Waals surface area (Å²) in [5, 5.41) is 16.5. The number of carbonyl (C=O) groups excluding carboxylic acids is 1. The van der Waals surface area contributed by atoms with Crippen LogP contribution in [0.4, 0.5) is 0 Å². The van der Waals surface area contributed by atoms with Crippen molar-refractivity contribution in [3.63, 3.8) is 0 Å². The molecule has 0 spiro atoms. The molecule has 1 unspecified atom stereocenters. The minimum Gasteiger partial charge on any atom is -0.360 e. The van der Waals surface area contributed by atoms with Crippen LogP contribution >= 0.6 is 0 Å². The molecule has 33 heavy (non-hydrogen) atoms. The number of aromatic nitrogens is 1. The highest BCUT2D eigenvalue weighted by Gasteiger charge is 2.19. The van der Waals surface area contributed by atoms with Gasteiger partial charge in [0.05, 0.1) is 17.2 Å². The first kappa shape index (κ1) is 21.0. The van der Waals surface area contributed by atoms with Gasteiger partial charge in [-0.25, -0.2) is 0 Å². The molecular weight excluding hydrogens is 408 g/mol. The Balaban J connectivity index is 1.58. The van der Waals surface area contributed by atoms with E-state index in [-0.39, 0.29) is 5.91 Å². The van der Waals surface area contributed by atoms with Crippen LogP contribution in [-0.2, 0) is 0 Å². The fourth-order valence-corrected chi connectivity index (χ4v) is 4.51. The molecular formula is C28H26N4O. The van der Waals surface area contributed by atoms with Crippen molar-refractivity contribution in [1.82, 2.24) is 15.6 Å². The molecule has 0 bridgehead atoms. The molecule has 5 rings (SSSR count). The molecule has 1 aliphatic heterocycles. The molecule has 0 radical (unpaired) electrons. The first-order chi connectivity index (χ1) is 16.1. The maximum absolute atomic E-state index is 13.0. The second-order valence-electron chi connectivity index (χ2n) is 8.77. The first-order valence-corrected chi connectivity index (χ1v) is 11.3. The van der Waals surface area contributed by atoms with Crippen LogP contribution in [-0.4, -0.2) is 30.5 Å². The Hall–Kier alpha value is -3.88. The number of fused-ring (bicyclic) bond motifs is 1. The highest BCUT2D eigenvalue weighted by atomic mass is 16.1. The van der Waals surface area contributed by atoms with Crippen LogP contribution in [0.15, 0.2) is 66.9 Å². The molecule has 4 aromatic rings. The molecule has 0 saturated carbocycles. The summed E-state index contributed by atoms with van der Waals surface area (Å²) in [6, 6.07) is 22.4. The molecule has 0 aliphatic carbocycles. The van der Waals surface area contributed by atoms with Gasteiger partial charge in [-0.05, 0) is 78.9 Å². The summed E-state index contributed by atoms with van der Waals surface area (Å²) in [5.41, 5.74) is 7.64. The van der Waals surface area contributed by atoms with Crippen molar-refractivity contribution in [2.24, 2.45) is 5.92 Å². The van der Waals surface area contributed by atoms with Crippen LogP contribution in [0.3, 0.4) is 0 Å². The van der Waals surface area contributed by atoms with Crippen LogP contribution < -0.4 is 10.6 Å². The third-order valence-corrected chi connectivity index (χ3v) is 6.47. The first-order valence-electron chi connectivity index (χ1n) is 11.3. The molecule has 164 valence electrons. The van der Waals surface area contributed by atoms with Crippen molar-refractivity contribution in [3.8, 4) is 28.3 Å². The number of aryl methyl sites for hydroxylation is 1. The fourth-order valence-electron chi connectivity index (χ4n) is 4.51. The summed E-state index contributed by atoms with van der Waals surface area (Å²) in [6.45, 7) is 4.73. The number of nitriles is 1. The predicted molar refractivity (Wildman–Crippen MR) is 132 cm³/mol. The van der Waals surface area contributed by atoms with E-state index in [4.69, 9.17) is 0 Å². The second-order valence-corrected chi connectivity index (χ2v) is 8.77. The quantitative estimate of drug-likeness (QED) is 0.412. The van der Waals surface area contributed by atoms with Crippen LogP contribution in [0.1, 0.15) is 27.9 Å². The number of carbonyl (C=O) groups is 1. The Kier molecular flexibility index (Phi) is 5.68. The summed E-state index contributed by atoms with van der Waals surface area (Å²) in [4.78, 5) is 16.3. The van der Waals surface area contributed by atoms with Gasteiger partial charge < -0.3 is 15.6 Å². The van der Waals surface area contributed by atoms with Crippen molar-refractivity contribution in [1.29, 1.82) is 5.26 Å². The van der Waals surface area contributed by atoms with E-state index in [1.54, 1.807) is 6.20 Å². The van der Waals surface area contributed by atoms with E-state index in [0.29, 0.717) is 23.6 Å². The molecule has 3 N–H and O–H groups in total. The Bertz CT molecular complexity index is 1340. The van der Waals surface area contributed by atoms with E-state index >= 15 is 0 Å². The lowest BCUT2D eigenvalue weighted by Crippen LogP contribution is -2.30. The molecule has 3 aromatic carbocycles. The van der Waals surface area contributed by atoms with E-state index in [9.17, 15) is 10.1 Å². The summed E-state index contributed by atoms with van der Waals surface area (Å²) in [5.74, 6) is 0.434. The minimum atomic E-state index is -0.0537. The maximum Gasteiger partial charge on any atom is 0.253 e. The van der Waals surface area contributed by atoms with Gasteiger partial charge in [0.2, 0.25) is 0 Å². The number of hydrogen-bond acceptors (Lipinski definition) is 3. The van der Waals surface area contributed by atoms with E-state index < -0.39 is 0 Å². The minimum absolute atomic E-state index is 0.0537. The smallest absolute Gasteiger partial charge is 0.253 e. The van der Waals surface area contributed by atoms with Crippen molar-refractivity contribution in [2.75, 3.05) is 19.6 Å². The van der Waals surface area contributed by atoms with Crippen LogP contribution in [0.25, 0.3) is 33.2 Å². The predicted octanol–water partition coefficient (Wildman–Crippen LogP) is 5.02. The zero-order chi connectivity index (χ0) is 22.8. The molecule has 5 heteroatoms. The van der Waals surface area contributed by atoms with Gasteiger partial charge in [0.1, 0.15) is 0 Å². The number of nitrogens with zero attached hydrogens (tertiary/aromatic N) is 1. The maximum atomic E-state index is 13.0.